The lowest BCUT2D eigenvalue weighted by molar-refractivity contribution is -0.578. The number of hydrogen-bond donors (Lipinski definition) is 3. The molecule has 0 heterocycles. The predicted octanol–water partition coefficient (Wildman–Crippen LogP) is 1.12. The van der Waals surface area contributed by atoms with E-state index in [0.717, 1.165) is 25.5 Å². The van der Waals surface area contributed by atoms with E-state index in [2.05, 4.69) is 0 Å². The number of aliphatic hydroxyl groups is 3. The van der Waals surface area contributed by atoms with E-state index in [1.54, 1.807) is 0 Å². The molecule has 0 aromatic carbocycles. The molecule has 3 N–H and O–H groups in total. The largest absolute Gasteiger partial charge is 0.386 e. The molecule has 0 amide bonds. The van der Waals surface area contributed by atoms with E-state index in [1.165, 1.54) is 6.92 Å². The van der Waals surface area contributed by atoms with E-state index in [-0.39, 0.29) is 12.8 Å². The van der Waals surface area contributed by atoms with Crippen molar-refractivity contribution >= 4 is 6.29 Å². The van der Waals surface area contributed by atoms with Crippen molar-refractivity contribution in [3.8, 4) is 0 Å². The Morgan fingerprint density at radius 1 is 0.710 bits per heavy atom. The summed E-state index contributed by atoms with van der Waals surface area (Å²) in [6.45, 7) is 1.47. The van der Waals surface area contributed by atoms with Crippen LogP contribution < -0.4 is 0 Å². The highest BCUT2D eigenvalue weighted by Gasteiger charge is 2.44. The standard InChI is InChI=1S/C18H33N3O10/c1-2-16(23)15(21(30)31)12-18(25)14(20(28)29)11-13(19(26)27)17(24)9-7-5-3-4-6-8-10-22/h10,13-18,23-25H,2-9,11-12H2,1H3. The summed E-state index contributed by atoms with van der Waals surface area (Å²) in [7, 11) is 0. The molecule has 180 valence electrons. The molecule has 0 radical (unpaired) electrons. The molecule has 0 saturated heterocycles. The van der Waals surface area contributed by atoms with Crippen molar-refractivity contribution in [2.45, 2.75) is 108 Å². The highest BCUT2D eigenvalue weighted by molar-refractivity contribution is 5.48. The van der Waals surface area contributed by atoms with Gasteiger partial charge in [0.05, 0.1) is 12.8 Å². The van der Waals surface area contributed by atoms with E-state index in [1.807, 2.05) is 0 Å². The van der Waals surface area contributed by atoms with Crippen LogP contribution in [0.4, 0.5) is 0 Å². The fourth-order valence-electron chi connectivity index (χ4n) is 3.38. The summed E-state index contributed by atoms with van der Waals surface area (Å²) >= 11 is 0. The number of carbonyl (C=O) groups excluding carboxylic acids is 1. The number of aliphatic hydroxyl groups excluding tert-OH is 3. The third kappa shape index (κ3) is 11.1. The molecule has 0 aliphatic rings. The Kier molecular flexibility index (Phi) is 14.4. The van der Waals surface area contributed by atoms with Gasteiger partial charge in [0.2, 0.25) is 18.1 Å². The molecule has 0 aromatic heterocycles. The molecule has 0 fully saturated rings. The zero-order chi connectivity index (χ0) is 24.0. The Balaban J connectivity index is 4.97. The number of hydrogen-bond acceptors (Lipinski definition) is 10. The fraction of sp³-hybridized carbons (Fsp3) is 0.944. The van der Waals surface area contributed by atoms with Crippen LogP contribution in [-0.4, -0.2) is 72.8 Å². The zero-order valence-corrected chi connectivity index (χ0v) is 17.7. The SMILES string of the molecule is CCC(O)C(CC(O)C(CC(C(O)CCCCCCCC=O)[N+](=O)[O-])[N+](=O)[O-])[N+](=O)[O-]. The van der Waals surface area contributed by atoms with Crippen molar-refractivity contribution in [1.82, 2.24) is 0 Å². The molecule has 0 aliphatic heterocycles. The maximum Gasteiger partial charge on any atom is 0.245 e. The molecular weight excluding hydrogens is 418 g/mol. The van der Waals surface area contributed by atoms with Gasteiger partial charge in [-0.15, -0.1) is 0 Å². The molecule has 13 nitrogen and oxygen atoms in total. The molecular formula is C18H33N3O10. The van der Waals surface area contributed by atoms with Crippen molar-refractivity contribution < 1.29 is 34.9 Å². The molecule has 0 aliphatic carbocycles. The van der Waals surface area contributed by atoms with Crippen LogP contribution in [0.15, 0.2) is 0 Å². The highest BCUT2D eigenvalue weighted by Crippen LogP contribution is 2.21. The molecule has 0 aromatic rings. The number of unbranched alkanes of at least 4 members (excludes halogenated alkanes) is 5. The van der Waals surface area contributed by atoms with Crippen molar-refractivity contribution in [3.63, 3.8) is 0 Å². The topological polar surface area (TPSA) is 207 Å². The zero-order valence-electron chi connectivity index (χ0n) is 17.7. The van der Waals surface area contributed by atoms with Gasteiger partial charge in [0.15, 0.2) is 0 Å². The van der Waals surface area contributed by atoms with E-state index >= 15 is 0 Å². The average Bonchev–Trinajstić information content (AvgIpc) is 2.70. The van der Waals surface area contributed by atoms with Crippen LogP contribution in [0.25, 0.3) is 0 Å². The minimum atomic E-state index is -1.90. The van der Waals surface area contributed by atoms with Gasteiger partial charge in [0, 0.05) is 21.2 Å². The lowest BCUT2D eigenvalue weighted by Gasteiger charge is -2.22. The lowest BCUT2D eigenvalue weighted by atomic mass is 9.92. The molecule has 13 heteroatoms. The van der Waals surface area contributed by atoms with Gasteiger partial charge in [-0.2, -0.15) is 0 Å². The summed E-state index contributed by atoms with van der Waals surface area (Å²) in [6.07, 6.45) is -1.60. The number of nitrogens with zero attached hydrogens (tertiary/aromatic N) is 3. The van der Waals surface area contributed by atoms with Crippen LogP contribution in [0.1, 0.15) is 71.1 Å². The summed E-state index contributed by atoms with van der Waals surface area (Å²) in [6, 6.07) is -5.27. The molecule has 0 rings (SSSR count). The Morgan fingerprint density at radius 2 is 1.16 bits per heavy atom. The lowest BCUT2D eigenvalue weighted by Crippen LogP contribution is -2.46. The maximum atomic E-state index is 11.4. The Labute approximate surface area is 179 Å². The van der Waals surface area contributed by atoms with E-state index in [4.69, 9.17) is 0 Å². The van der Waals surface area contributed by atoms with Gasteiger partial charge in [0.1, 0.15) is 24.6 Å². The molecule has 31 heavy (non-hydrogen) atoms. The fourth-order valence-corrected chi connectivity index (χ4v) is 3.38. The number of nitro groups is 3. The number of rotatable bonds is 19. The third-order valence-corrected chi connectivity index (χ3v) is 5.35. The first kappa shape index (κ1) is 28.8. The second-order valence-corrected chi connectivity index (χ2v) is 7.65. The first-order valence-electron chi connectivity index (χ1n) is 10.4. The van der Waals surface area contributed by atoms with E-state index in [0.29, 0.717) is 19.3 Å². The van der Waals surface area contributed by atoms with Gasteiger partial charge in [-0.25, -0.2) is 0 Å². The van der Waals surface area contributed by atoms with Crippen molar-refractivity contribution in [3.05, 3.63) is 30.3 Å². The molecule has 6 unspecified atom stereocenters. The third-order valence-electron chi connectivity index (χ3n) is 5.35. The highest BCUT2D eigenvalue weighted by atomic mass is 16.6. The first-order valence-corrected chi connectivity index (χ1v) is 10.4. The summed E-state index contributed by atoms with van der Waals surface area (Å²) in [4.78, 5) is 41.5. The van der Waals surface area contributed by atoms with Gasteiger partial charge < -0.3 is 20.1 Å². The van der Waals surface area contributed by atoms with E-state index < -0.39 is 64.0 Å². The van der Waals surface area contributed by atoms with Crippen molar-refractivity contribution in [2.24, 2.45) is 0 Å². The Bertz CT molecular complexity index is 577. The monoisotopic (exact) mass is 451 g/mol. The first-order chi connectivity index (χ1) is 14.6. The van der Waals surface area contributed by atoms with Gasteiger partial charge >= 0.3 is 0 Å². The van der Waals surface area contributed by atoms with Gasteiger partial charge in [-0.05, 0) is 19.3 Å². The Morgan fingerprint density at radius 3 is 1.65 bits per heavy atom. The van der Waals surface area contributed by atoms with Crippen molar-refractivity contribution in [1.29, 1.82) is 0 Å². The molecule has 6 atom stereocenters. The summed E-state index contributed by atoms with van der Waals surface area (Å²) in [5.74, 6) is 0. The van der Waals surface area contributed by atoms with Crippen LogP contribution in [0.3, 0.4) is 0 Å². The second kappa shape index (κ2) is 15.5. The van der Waals surface area contributed by atoms with Gasteiger partial charge in [0.25, 0.3) is 0 Å². The smallest absolute Gasteiger partial charge is 0.245 e. The minimum absolute atomic E-state index is 0.00706. The average molecular weight is 451 g/mol. The quantitative estimate of drug-likeness (QED) is 0.110. The van der Waals surface area contributed by atoms with Crippen LogP contribution in [-0.2, 0) is 4.79 Å². The predicted molar refractivity (Wildman–Crippen MR) is 108 cm³/mol. The molecule has 0 saturated carbocycles. The number of carbonyl (C=O) groups is 1. The summed E-state index contributed by atoms with van der Waals surface area (Å²) in [5.41, 5.74) is 0. The summed E-state index contributed by atoms with van der Waals surface area (Å²) < 4.78 is 0. The summed E-state index contributed by atoms with van der Waals surface area (Å²) in [5, 5.41) is 63.9. The van der Waals surface area contributed by atoms with Crippen LogP contribution >= 0.6 is 0 Å². The van der Waals surface area contributed by atoms with Gasteiger partial charge in [-0.3, -0.25) is 30.3 Å². The van der Waals surface area contributed by atoms with Gasteiger partial charge in [-0.1, -0.05) is 32.6 Å². The minimum Gasteiger partial charge on any atom is -0.386 e. The van der Waals surface area contributed by atoms with E-state index in [9.17, 15) is 50.5 Å². The van der Waals surface area contributed by atoms with Crippen LogP contribution in [0.5, 0.6) is 0 Å². The molecule has 0 spiro atoms. The van der Waals surface area contributed by atoms with Crippen LogP contribution in [0.2, 0.25) is 0 Å². The molecule has 0 bridgehead atoms. The van der Waals surface area contributed by atoms with Crippen molar-refractivity contribution in [2.75, 3.05) is 0 Å². The Hall–Kier alpha value is -2.25. The second-order valence-electron chi connectivity index (χ2n) is 7.65. The maximum absolute atomic E-state index is 11.4. The van der Waals surface area contributed by atoms with Crippen LogP contribution in [0, 0.1) is 30.3 Å². The normalized spacial score (nSPS) is 17.2. The number of aldehydes is 1.